The third-order valence-electron chi connectivity index (χ3n) is 5.07. The number of carbonyl (C=O) groups is 1. The highest BCUT2D eigenvalue weighted by Gasteiger charge is 2.34. The Bertz CT molecular complexity index is 1000. The third kappa shape index (κ3) is 3.41. The van der Waals surface area contributed by atoms with Crippen LogP contribution in [0.4, 0.5) is 0 Å². The highest BCUT2D eigenvalue weighted by atomic mass is 35.5. The maximum atomic E-state index is 12.6. The van der Waals surface area contributed by atoms with Gasteiger partial charge in [0, 0.05) is 55.8 Å². The van der Waals surface area contributed by atoms with E-state index in [4.69, 9.17) is 28.6 Å². The summed E-state index contributed by atoms with van der Waals surface area (Å²) in [4.78, 5) is 14.3. The molecule has 0 spiro atoms. The van der Waals surface area contributed by atoms with Crippen molar-refractivity contribution >= 4 is 45.7 Å². The second kappa shape index (κ2) is 7.43. The minimum atomic E-state index is -1.44. The van der Waals surface area contributed by atoms with E-state index < -0.39 is 5.60 Å². The van der Waals surface area contributed by atoms with Crippen LogP contribution in [0, 0.1) is 5.41 Å². The number of nitrogens with zero attached hydrogens (tertiary/aromatic N) is 2. The summed E-state index contributed by atoms with van der Waals surface area (Å²) < 4.78 is 2.00. The number of aromatic nitrogens is 1. The maximum Gasteiger partial charge on any atom is 0.254 e. The van der Waals surface area contributed by atoms with Gasteiger partial charge < -0.3 is 25.3 Å². The molecule has 150 valence electrons. The molecule has 8 heteroatoms. The van der Waals surface area contributed by atoms with Gasteiger partial charge in [-0.25, -0.2) is 0 Å². The first-order valence-corrected chi connectivity index (χ1v) is 9.76. The fourth-order valence-corrected chi connectivity index (χ4v) is 4.22. The molecule has 1 aliphatic rings. The lowest BCUT2D eigenvalue weighted by Gasteiger charge is -2.32. The molecule has 1 aliphatic heterocycles. The minimum Gasteiger partial charge on any atom is -0.394 e. The zero-order chi connectivity index (χ0) is 20.8. The van der Waals surface area contributed by atoms with Gasteiger partial charge in [-0.15, -0.1) is 0 Å². The number of halogens is 2. The number of rotatable bonds is 4. The van der Waals surface area contributed by atoms with E-state index in [0.29, 0.717) is 35.1 Å². The van der Waals surface area contributed by atoms with Crippen LogP contribution in [-0.4, -0.2) is 45.4 Å². The van der Waals surface area contributed by atoms with Crippen LogP contribution in [-0.2, 0) is 24.8 Å². The Morgan fingerprint density at radius 1 is 1.39 bits per heavy atom. The number of nitrogens with one attached hydrogen (secondary N) is 2. The molecule has 2 heterocycles. The topological polar surface area (TPSA) is 81.4 Å². The van der Waals surface area contributed by atoms with E-state index in [1.54, 1.807) is 30.3 Å². The number of amides is 1. The van der Waals surface area contributed by atoms with Gasteiger partial charge in [-0.1, -0.05) is 23.2 Å². The van der Waals surface area contributed by atoms with Crippen molar-refractivity contribution in [3.8, 4) is 0 Å². The molecule has 1 aromatic heterocycles. The van der Waals surface area contributed by atoms with Gasteiger partial charge in [0.05, 0.1) is 21.3 Å². The normalized spacial score (nSPS) is 14.6. The summed E-state index contributed by atoms with van der Waals surface area (Å²) in [6.07, 6.45) is 3.96. The smallest absolute Gasteiger partial charge is 0.254 e. The molecule has 1 amide bonds. The number of allylic oxidation sites excluding steroid dienone is 1. The average molecular weight is 423 g/mol. The lowest BCUT2D eigenvalue weighted by Crippen LogP contribution is -2.47. The molecule has 0 saturated carbocycles. The van der Waals surface area contributed by atoms with Crippen molar-refractivity contribution < 1.29 is 9.90 Å². The first-order valence-electron chi connectivity index (χ1n) is 9.00. The second-order valence-electron chi connectivity index (χ2n) is 7.50. The molecule has 3 N–H and O–H groups in total. The molecule has 6 nitrogen and oxygen atoms in total. The highest BCUT2D eigenvalue weighted by Crippen LogP contribution is 2.40. The monoisotopic (exact) mass is 422 g/mol. The summed E-state index contributed by atoms with van der Waals surface area (Å²) >= 11 is 12.9. The van der Waals surface area contributed by atoms with Crippen LogP contribution in [0.1, 0.15) is 30.7 Å². The molecule has 0 saturated heterocycles. The summed E-state index contributed by atoms with van der Waals surface area (Å²) in [6, 6.07) is 1.70. The van der Waals surface area contributed by atoms with Gasteiger partial charge in [0.1, 0.15) is 5.60 Å². The third-order valence-corrected chi connectivity index (χ3v) is 5.85. The first-order chi connectivity index (χ1) is 13.1. The van der Waals surface area contributed by atoms with E-state index in [-0.39, 0.29) is 11.6 Å². The Morgan fingerprint density at radius 2 is 2.07 bits per heavy atom. The zero-order valence-corrected chi connectivity index (χ0v) is 17.9. The van der Waals surface area contributed by atoms with Gasteiger partial charge in [-0.3, -0.25) is 4.79 Å². The van der Waals surface area contributed by atoms with E-state index in [1.807, 2.05) is 11.6 Å². The highest BCUT2D eigenvalue weighted by molar-refractivity contribution is 6.46. The van der Waals surface area contributed by atoms with Gasteiger partial charge >= 0.3 is 0 Å². The predicted molar refractivity (Wildman–Crippen MR) is 113 cm³/mol. The Morgan fingerprint density at radius 3 is 2.68 bits per heavy atom. The van der Waals surface area contributed by atoms with E-state index in [0.717, 1.165) is 22.2 Å². The fraction of sp³-hybridized carbons (Fsp3) is 0.400. The van der Waals surface area contributed by atoms with E-state index in [2.05, 4.69) is 5.32 Å². The standard InChI is InChI=1S/C20H24Cl2N4O2/c1-20(2,28)19(27)26-8-6-15-12(10-26)16-11(14(23)5-7-24-3)9-13(21)17(22)18(16)25(15)4/h5,7,9,23-24,28H,6,8,10H2,1-4H3/b7-5-,23-14?. The first kappa shape index (κ1) is 20.7. The number of aryl methyl sites for hydroxylation is 1. The molecular formula is C20H24Cl2N4O2. The summed E-state index contributed by atoms with van der Waals surface area (Å²) in [5.74, 6) is -0.318. The van der Waals surface area contributed by atoms with Gasteiger partial charge in [0.25, 0.3) is 5.91 Å². The minimum absolute atomic E-state index is 0.289. The lowest BCUT2D eigenvalue weighted by atomic mass is 9.97. The molecule has 0 unspecified atom stereocenters. The lowest BCUT2D eigenvalue weighted by molar-refractivity contribution is -0.148. The van der Waals surface area contributed by atoms with Crippen molar-refractivity contribution in [3.05, 3.63) is 45.2 Å². The van der Waals surface area contributed by atoms with Crippen LogP contribution in [0.5, 0.6) is 0 Å². The molecule has 0 fully saturated rings. The number of carbonyl (C=O) groups excluding carboxylic acids is 1. The van der Waals surface area contributed by atoms with Crippen molar-refractivity contribution in [2.45, 2.75) is 32.4 Å². The van der Waals surface area contributed by atoms with Crippen LogP contribution in [0.15, 0.2) is 18.3 Å². The number of benzene rings is 1. The van der Waals surface area contributed by atoms with Crippen molar-refractivity contribution in [2.24, 2.45) is 7.05 Å². The maximum absolute atomic E-state index is 12.6. The predicted octanol–water partition coefficient (Wildman–Crippen LogP) is 3.24. The van der Waals surface area contributed by atoms with Crippen LogP contribution in [0.25, 0.3) is 10.9 Å². The van der Waals surface area contributed by atoms with Gasteiger partial charge in [0.2, 0.25) is 0 Å². The molecule has 1 aromatic carbocycles. The summed E-state index contributed by atoms with van der Waals surface area (Å²) in [7, 11) is 3.69. The molecule has 3 rings (SSSR count). The van der Waals surface area contributed by atoms with Crippen LogP contribution in [0.3, 0.4) is 0 Å². The van der Waals surface area contributed by atoms with Crippen LogP contribution >= 0.6 is 23.2 Å². The molecule has 0 bridgehead atoms. The number of fused-ring (bicyclic) bond motifs is 3. The Kier molecular flexibility index (Phi) is 5.49. The fourth-order valence-electron chi connectivity index (χ4n) is 3.74. The molecule has 28 heavy (non-hydrogen) atoms. The molecule has 0 aliphatic carbocycles. The Balaban J connectivity index is 2.23. The van der Waals surface area contributed by atoms with Crippen molar-refractivity contribution in [1.29, 1.82) is 5.41 Å². The van der Waals surface area contributed by atoms with E-state index in [1.165, 1.54) is 13.8 Å². The van der Waals surface area contributed by atoms with Crippen LogP contribution in [0.2, 0.25) is 10.0 Å². The molecule has 0 radical (unpaired) electrons. The van der Waals surface area contributed by atoms with Crippen molar-refractivity contribution in [3.63, 3.8) is 0 Å². The number of aliphatic hydroxyl groups is 1. The van der Waals surface area contributed by atoms with E-state index in [9.17, 15) is 9.90 Å². The van der Waals surface area contributed by atoms with Gasteiger partial charge in [0.15, 0.2) is 0 Å². The Hall–Kier alpha value is -2.02. The number of hydrogen-bond acceptors (Lipinski definition) is 4. The molecule has 0 atom stereocenters. The summed E-state index contributed by atoms with van der Waals surface area (Å²) in [5.41, 5.74) is 2.27. The van der Waals surface area contributed by atoms with E-state index >= 15 is 0 Å². The quantitative estimate of drug-likeness (QED) is 0.661. The zero-order valence-electron chi connectivity index (χ0n) is 16.4. The van der Waals surface area contributed by atoms with Crippen molar-refractivity contribution in [1.82, 2.24) is 14.8 Å². The van der Waals surface area contributed by atoms with Crippen molar-refractivity contribution in [2.75, 3.05) is 13.6 Å². The SMILES string of the molecule is CN/C=C\C(=N)c1cc(Cl)c(Cl)c2c1c1c(n2C)CCN(C(=O)C(C)(C)O)C1. The largest absolute Gasteiger partial charge is 0.394 e. The van der Waals surface area contributed by atoms with Gasteiger partial charge in [-0.05, 0) is 32.2 Å². The summed E-state index contributed by atoms with van der Waals surface area (Å²) in [6.45, 7) is 3.85. The second-order valence-corrected chi connectivity index (χ2v) is 8.28. The molecule has 2 aromatic rings. The average Bonchev–Trinajstić information content (AvgIpc) is 2.93. The Labute approximate surface area is 174 Å². The van der Waals surface area contributed by atoms with Gasteiger partial charge in [-0.2, -0.15) is 0 Å². The summed E-state index contributed by atoms with van der Waals surface area (Å²) in [5, 5.41) is 23.1. The molecular weight excluding hydrogens is 399 g/mol. The van der Waals surface area contributed by atoms with Crippen LogP contribution < -0.4 is 5.32 Å². The number of hydrogen-bond donors (Lipinski definition) is 3.